The monoisotopic (exact) mass is 303 g/mol. The second kappa shape index (κ2) is 4.89. The molecule has 0 atom stereocenters. The third-order valence-electron chi connectivity index (χ3n) is 3.05. The van der Waals surface area contributed by atoms with E-state index in [2.05, 4.69) is 0 Å². The Morgan fingerprint density at radius 2 is 1.90 bits per heavy atom. The van der Waals surface area contributed by atoms with E-state index in [0.29, 0.717) is 10.6 Å². The number of amides is 2. The maximum absolute atomic E-state index is 12.5. The summed E-state index contributed by atoms with van der Waals surface area (Å²) in [4.78, 5) is 26.6. The Kier molecular flexibility index (Phi) is 3.20. The number of halogens is 1. The number of anilines is 1. The van der Waals surface area contributed by atoms with Crippen molar-refractivity contribution < 1.29 is 9.59 Å². The first-order valence-corrected chi connectivity index (χ1v) is 7.24. The van der Waals surface area contributed by atoms with E-state index in [1.807, 2.05) is 30.5 Å². The van der Waals surface area contributed by atoms with Crippen LogP contribution >= 0.6 is 22.9 Å². The fraction of sp³-hybridized carbons (Fsp3) is 0.0667. The number of nitrogens with zero attached hydrogens (tertiary/aromatic N) is 1. The van der Waals surface area contributed by atoms with Crippen LogP contribution in [0.2, 0.25) is 0 Å². The molecule has 0 N–H and O–H groups in total. The van der Waals surface area contributed by atoms with E-state index >= 15 is 0 Å². The first kappa shape index (κ1) is 13.1. The number of hydrogen-bond acceptors (Lipinski definition) is 3. The topological polar surface area (TPSA) is 37.4 Å². The van der Waals surface area contributed by atoms with Crippen LogP contribution in [0.4, 0.5) is 5.69 Å². The lowest BCUT2D eigenvalue weighted by molar-refractivity contribution is -0.119. The zero-order valence-electron chi connectivity index (χ0n) is 10.6. The Morgan fingerprint density at radius 1 is 1.10 bits per heavy atom. The van der Waals surface area contributed by atoms with Gasteiger partial charge in [-0.2, -0.15) is 0 Å². The second-order valence-electron chi connectivity index (χ2n) is 4.45. The van der Waals surface area contributed by atoms with Crippen molar-refractivity contribution in [1.82, 2.24) is 0 Å². The predicted molar refractivity (Wildman–Crippen MR) is 80.8 cm³/mol. The number of benzene rings is 1. The average molecular weight is 304 g/mol. The highest BCUT2D eigenvalue weighted by molar-refractivity contribution is 7.11. The zero-order chi connectivity index (χ0) is 14.3. The van der Waals surface area contributed by atoms with E-state index < -0.39 is 5.91 Å². The fourth-order valence-corrected chi connectivity index (χ4v) is 3.23. The van der Waals surface area contributed by atoms with Crippen LogP contribution in [-0.4, -0.2) is 11.8 Å². The highest BCUT2D eigenvalue weighted by Gasteiger charge is 2.39. The van der Waals surface area contributed by atoms with Gasteiger partial charge in [0.05, 0.1) is 11.3 Å². The number of thiophene rings is 1. The maximum atomic E-state index is 12.5. The molecule has 2 amide bonds. The summed E-state index contributed by atoms with van der Waals surface area (Å²) in [6.45, 7) is 1.91. The minimum atomic E-state index is -0.467. The standard InChI is InChI=1S/C15H10ClNO2S/c1-9-4-2-5-10(8-9)17-14(18)12(13(16)15(17)19)11-6-3-7-20-11/h2-8H,1H3. The van der Waals surface area contributed by atoms with Crippen molar-refractivity contribution in [3.63, 3.8) is 0 Å². The molecule has 1 aliphatic rings. The van der Waals surface area contributed by atoms with Crippen LogP contribution in [0.15, 0.2) is 46.8 Å². The van der Waals surface area contributed by atoms with Crippen LogP contribution in [0.5, 0.6) is 0 Å². The molecule has 1 aromatic heterocycles. The number of aryl methyl sites for hydroxylation is 1. The Labute approximate surface area is 125 Å². The third kappa shape index (κ3) is 1.97. The second-order valence-corrected chi connectivity index (χ2v) is 5.78. The number of rotatable bonds is 2. The molecule has 0 aliphatic carbocycles. The first-order valence-electron chi connectivity index (χ1n) is 5.98. The Bertz CT molecular complexity index is 734. The average Bonchev–Trinajstić information content (AvgIpc) is 2.99. The normalized spacial score (nSPS) is 15.4. The molecule has 0 unspecified atom stereocenters. The van der Waals surface area contributed by atoms with Crippen molar-refractivity contribution in [1.29, 1.82) is 0 Å². The minimum absolute atomic E-state index is 0.0149. The molecule has 0 spiro atoms. The fourth-order valence-electron chi connectivity index (χ4n) is 2.14. The van der Waals surface area contributed by atoms with Crippen LogP contribution in [0.1, 0.15) is 10.4 Å². The Hall–Kier alpha value is -1.91. The summed E-state index contributed by atoms with van der Waals surface area (Å²) in [5.41, 5.74) is 1.81. The molecule has 1 aliphatic heterocycles. The van der Waals surface area contributed by atoms with E-state index in [1.54, 1.807) is 18.2 Å². The van der Waals surface area contributed by atoms with Crippen molar-refractivity contribution in [2.24, 2.45) is 0 Å². The molecule has 3 rings (SSSR count). The van der Waals surface area contributed by atoms with Gasteiger partial charge in [0, 0.05) is 4.88 Å². The Balaban J connectivity index is 2.07. The van der Waals surface area contributed by atoms with Gasteiger partial charge >= 0.3 is 0 Å². The SMILES string of the molecule is Cc1cccc(N2C(=O)C(Cl)=C(c3cccs3)C2=O)c1. The summed E-state index contributed by atoms with van der Waals surface area (Å²) in [6.07, 6.45) is 0. The van der Waals surface area contributed by atoms with E-state index in [0.717, 1.165) is 10.5 Å². The molecule has 100 valence electrons. The lowest BCUT2D eigenvalue weighted by atomic mass is 10.2. The summed E-state index contributed by atoms with van der Waals surface area (Å²) in [5.74, 6) is -0.835. The van der Waals surface area contributed by atoms with E-state index in [9.17, 15) is 9.59 Å². The summed E-state index contributed by atoms with van der Waals surface area (Å²) in [6, 6.07) is 10.8. The summed E-state index contributed by atoms with van der Waals surface area (Å²) in [5, 5.41) is 1.83. The molecule has 0 bridgehead atoms. The number of carbonyl (C=O) groups excluding carboxylic acids is 2. The predicted octanol–water partition coefficient (Wildman–Crippen LogP) is 3.58. The molecule has 0 saturated heterocycles. The summed E-state index contributed by atoms with van der Waals surface area (Å²) >= 11 is 7.46. The molecule has 1 aromatic carbocycles. The van der Waals surface area contributed by atoms with Gasteiger partial charge in [-0.25, -0.2) is 4.90 Å². The van der Waals surface area contributed by atoms with Crippen LogP contribution in [0.3, 0.4) is 0 Å². The van der Waals surface area contributed by atoms with Crippen molar-refractivity contribution in [2.75, 3.05) is 4.90 Å². The van der Waals surface area contributed by atoms with Crippen LogP contribution in [0.25, 0.3) is 5.57 Å². The van der Waals surface area contributed by atoms with Gasteiger partial charge in [-0.3, -0.25) is 9.59 Å². The van der Waals surface area contributed by atoms with Crippen molar-refractivity contribution in [2.45, 2.75) is 6.92 Å². The van der Waals surface area contributed by atoms with Gasteiger partial charge in [-0.15, -0.1) is 11.3 Å². The number of hydrogen-bond donors (Lipinski definition) is 0. The highest BCUT2D eigenvalue weighted by Crippen LogP contribution is 2.36. The lowest BCUT2D eigenvalue weighted by Gasteiger charge is -2.15. The van der Waals surface area contributed by atoms with E-state index in [4.69, 9.17) is 11.6 Å². The van der Waals surface area contributed by atoms with Gasteiger partial charge in [-0.05, 0) is 36.1 Å². The zero-order valence-corrected chi connectivity index (χ0v) is 12.2. The van der Waals surface area contributed by atoms with E-state index in [-0.39, 0.29) is 16.5 Å². The molecule has 2 heterocycles. The van der Waals surface area contributed by atoms with Crippen molar-refractivity contribution in [3.05, 3.63) is 57.3 Å². The van der Waals surface area contributed by atoms with Crippen molar-refractivity contribution in [3.8, 4) is 0 Å². The van der Waals surface area contributed by atoms with Crippen LogP contribution in [-0.2, 0) is 9.59 Å². The van der Waals surface area contributed by atoms with Gasteiger partial charge in [-0.1, -0.05) is 29.8 Å². The smallest absolute Gasteiger partial charge is 0.268 e. The summed E-state index contributed by atoms with van der Waals surface area (Å²) in [7, 11) is 0. The summed E-state index contributed by atoms with van der Waals surface area (Å²) < 4.78 is 0. The molecular formula is C15H10ClNO2S. The number of carbonyl (C=O) groups is 2. The lowest BCUT2D eigenvalue weighted by Crippen LogP contribution is -2.31. The van der Waals surface area contributed by atoms with Crippen molar-refractivity contribution >= 4 is 46.0 Å². The molecule has 0 fully saturated rings. The van der Waals surface area contributed by atoms with Crippen LogP contribution in [0, 0.1) is 6.92 Å². The molecule has 0 radical (unpaired) electrons. The molecule has 20 heavy (non-hydrogen) atoms. The van der Waals surface area contributed by atoms with Gasteiger partial charge < -0.3 is 0 Å². The first-order chi connectivity index (χ1) is 9.59. The van der Waals surface area contributed by atoms with Gasteiger partial charge in [0.1, 0.15) is 5.03 Å². The van der Waals surface area contributed by atoms with Crippen LogP contribution < -0.4 is 4.90 Å². The quantitative estimate of drug-likeness (QED) is 0.795. The molecular weight excluding hydrogens is 294 g/mol. The molecule has 2 aromatic rings. The largest absolute Gasteiger partial charge is 0.277 e. The minimum Gasteiger partial charge on any atom is -0.268 e. The van der Waals surface area contributed by atoms with Gasteiger partial charge in [0.15, 0.2) is 0 Å². The molecule has 0 saturated carbocycles. The highest BCUT2D eigenvalue weighted by atomic mass is 35.5. The van der Waals surface area contributed by atoms with Gasteiger partial charge in [0.25, 0.3) is 11.8 Å². The Morgan fingerprint density at radius 3 is 2.55 bits per heavy atom. The number of imide groups is 1. The molecule has 5 heteroatoms. The maximum Gasteiger partial charge on any atom is 0.277 e. The molecule has 3 nitrogen and oxygen atoms in total. The third-order valence-corrected chi connectivity index (χ3v) is 4.29. The van der Waals surface area contributed by atoms with E-state index in [1.165, 1.54) is 11.3 Å². The van der Waals surface area contributed by atoms with Gasteiger partial charge in [0.2, 0.25) is 0 Å².